The van der Waals surface area contributed by atoms with Gasteiger partial charge < -0.3 is 4.90 Å². The Hall–Kier alpha value is -0.480. The number of thiol groups is 1. The van der Waals surface area contributed by atoms with Crippen molar-refractivity contribution in [2.75, 3.05) is 13.1 Å². The van der Waals surface area contributed by atoms with Crippen LogP contribution in [0.3, 0.4) is 0 Å². The number of hydrogen-bond acceptors (Lipinski definition) is 2. The van der Waals surface area contributed by atoms with Crippen LogP contribution in [0.2, 0.25) is 0 Å². The first kappa shape index (κ1) is 13.0. The second-order valence-electron chi connectivity index (χ2n) is 4.48. The van der Waals surface area contributed by atoms with Gasteiger partial charge in [-0.3, -0.25) is 4.79 Å². The van der Waals surface area contributed by atoms with Gasteiger partial charge in [-0.25, -0.2) is 0 Å². The number of hydrogen-bond donors (Lipinski definition) is 1. The molecule has 2 rings (SSSR count). The first-order chi connectivity index (χ1) is 8.11. The Balaban J connectivity index is 2.17. The molecular formula is C13H16BrNOS. The highest BCUT2D eigenvalue weighted by Crippen LogP contribution is 2.25. The molecule has 0 aliphatic carbocycles. The van der Waals surface area contributed by atoms with Crippen LogP contribution in [0.4, 0.5) is 0 Å². The van der Waals surface area contributed by atoms with Crippen molar-refractivity contribution in [3.63, 3.8) is 0 Å². The number of likely N-dealkylation sites (tertiary alicyclic amines) is 1. The van der Waals surface area contributed by atoms with Crippen LogP contribution in [-0.4, -0.2) is 23.9 Å². The van der Waals surface area contributed by atoms with E-state index in [1.807, 2.05) is 23.1 Å². The number of carbonyl (C=O) groups is 1. The topological polar surface area (TPSA) is 20.3 Å². The fraction of sp³-hybridized carbons (Fsp3) is 0.462. The number of carbonyl (C=O) groups excluding carboxylic acids is 1. The van der Waals surface area contributed by atoms with Crippen LogP contribution >= 0.6 is 28.6 Å². The molecule has 1 heterocycles. The smallest absolute Gasteiger partial charge is 0.255 e. The van der Waals surface area contributed by atoms with Crippen molar-refractivity contribution in [1.82, 2.24) is 4.90 Å². The van der Waals surface area contributed by atoms with Crippen molar-refractivity contribution in [2.24, 2.45) is 5.92 Å². The van der Waals surface area contributed by atoms with Gasteiger partial charge in [-0.1, -0.05) is 13.3 Å². The highest BCUT2D eigenvalue weighted by Gasteiger charge is 2.26. The Morgan fingerprint density at radius 3 is 3.00 bits per heavy atom. The largest absolute Gasteiger partial charge is 0.338 e. The number of rotatable bonds is 2. The van der Waals surface area contributed by atoms with Gasteiger partial charge >= 0.3 is 0 Å². The van der Waals surface area contributed by atoms with E-state index in [1.54, 1.807) is 0 Å². The van der Waals surface area contributed by atoms with Crippen molar-refractivity contribution in [3.8, 4) is 0 Å². The van der Waals surface area contributed by atoms with Crippen LogP contribution in [-0.2, 0) is 0 Å². The lowest BCUT2D eigenvalue weighted by Crippen LogP contribution is -2.28. The van der Waals surface area contributed by atoms with E-state index in [1.165, 1.54) is 0 Å². The van der Waals surface area contributed by atoms with E-state index in [0.717, 1.165) is 35.3 Å². The van der Waals surface area contributed by atoms with Gasteiger partial charge in [0, 0.05) is 22.5 Å². The summed E-state index contributed by atoms with van der Waals surface area (Å²) in [5, 5.41) is 0. The monoisotopic (exact) mass is 313 g/mol. The third-order valence-electron chi connectivity index (χ3n) is 3.33. The molecule has 17 heavy (non-hydrogen) atoms. The van der Waals surface area contributed by atoms with Gasteiger partial charge in [0.1, 0.15) is 0 Å². The summed E-state index contributed by atoms with van der Waals surface area (Å²) in [6.45, 7) is 3.95. The summed E-state index contributed by atoms with van der Waals surface area (Å²) in [5.74, 6) is 0.778. The fourth-order valence-electron chi connectivity index (χ4n) is 2.20. The van der Waals surface area contributed by atoms with Crippen molar-refractivity contribution in [1.29, 1.82) is 0 Å². The molecule has 1 aromatic carbocycles. The lowest BCUT2D eigenvalue weighted by Gasteiger charge is -2.17. The molecule has 1 atom stereocenters. The van der Waals surface area contributed by atoms with E-state index in [4.69, 9.17) is 0 Å². The molecule has 4 heteroatoms. The maximum Gasteiger partial charge on any atom is 0.255 e. The average molecular weight is 314 g/mol. The second kappa shape index (κ2) is 5.44. The van der Waals surface area contributed by atoms with Gasteiger partial charge in [0.05, 0.1) is 5.56 Å². The number of nitrogens with zero attached hydrogens (tertiary/aromatic N) is 1. The van der Waals surface area contributed by atoms with E-state index in [-0.39, 0.29) is 5.91 Å². The lowest BCUT2D eigenvalue weighted by atomic mass is 10.1. The van der Waals surface area contributed by atoms with Crippen LogP contribution in [0.5, 0.6) is 0 Å². The third-order valence-corrected chi connectivity index (χ3v) is 4.30. The van der Waals surface area contributed by atoms with Gasteiger partial charge in [0.15, 0.2) is 0 Å². The van der Waals surface area contributed by atoms with E-state index in [9.17, 15) is 4.79 Å². The molecule has 0 aromatic heterocycles. The zero-order chi connectivity index (χ0) is 12.4. The molecule has 92 valence electrons. The minimum absolute atomic E-state index is 0.115. The van der Waals surface area contributed by atoms with Crippen LogP contribution in [0, 0.1) is 5.92 Å². The van der Waals surface area contributed by atoms with Gasteiger partial charge in [-0.15, -0.1) is 12.6 Å². The Morgan fingerprint density at radius 2 is 2.35 bits per heavy atom. The van der Waals surface area contributed by atoms with Crippen molar-refractivity contribution < 1.29 is 4.79 Å². The van der Waals surface area contributed by atoms with E-state index in [0.29, 0.717) is 11.5 Å². The molecule has 1 amide bonds. The molecule has 1 aliphatic rings. The molecule has 0 spiro atoms. The quantitative estimate of drug-likeness (QED) is 0.827. The van der Waals surface area contributed by atoms with Gasteiger partial charge in [-0.2, -0.15) is 0 Å². The van der Waals surface area contributed by atoms with Crippen LogP contribution in [0.25, 0.3) is 0 Å². The Bertz CT molecular complexity index is 435. The van der Waals surface area contributed by atoms with Crippen LogP contribution < -0.4 is 0 Å². The first-order valence-corrected chi connectivity index (χ1v) is 7.13. The normalized spacial score (nSPS) is 19.7. The molecule has 1 saturated heterocycles. The summed E-state index contributed by atoms with van der Waals surface area (Å²) in [5.41, 5.74) is 0.717. The fourth-order valence-corrected chi connectivity index (χ4v) is 2.82. The summed E-state index contributed by atoms with van der Waals surface area (Å²) in [4.78, 5) is 15.1. The molecule has 0 saturated carbocycles. The van der Waals surface area contributed by atoms with Gasteiger partial charge in [0.2, 0.25) is 0 Å². The average Bonchev–Trinajstić information content (AvgIpc) is 2.80. The summed E-state index contributed by atoms with van der Waals surface area (Å²) in [6, 6.07) is 5.58. The van der Waals surface area contributed by atoms with Gasteiger partial charge in [0.25, 0.3) is 5.91 Å². The molecule has 1 fully saturated rings. The molecule has 1 aromatic rings. The number of benzene rings is 1. The summed E-state index contributed by atoms with van der Waals surface area (Å²) >= 11 is 7.71. The predicted molar refractivity (Wildman–Crippen MR) is 75.7 cm³/mol. The number of amides is 1. The Kier molecular flexibility index (Phi) is 4.15. The molecule has 2 nitrogen and oxygen atoms in total. The zero-order valence-corrected chi connectivity index (χ0v) is 12.3. The third kappa shape index (κ3) is 2.86. The maximum atomic E-state index is 12.3. The minimum atomic E-state index is 0.115. The minimum Gasteiger partial charge on any atom is -0.338 e. The van der Waals surface area contributed by atoms with Crippen LogP contribution in [0.15, 0.2) is 27.6 Å². The predicted octanol–water partition coefficient (Wildman–Crippen LogP) is 3.61. The standard InChI is InChI=1S/C13H16BrNOS/c1-2-9-5-6-15(8-9)13(16)11-7-10(17)3-4-12(11)14/h3-4,7,9,17H,2,5-6,8H2,1H3. The lowest BCUT2D eigenvalue weighted by molar-refractivity contribution is 0.0786. The van der Waals surface area contributed by atoms with Crippen molar-refractivity contribution >= 4 is 34.5 Å². The maximum absolute atomic E-state index is 12.3. The molecule has 1 unspecified atom stereocenters. The highest BCUT2D eigenvalue weighted by atomic mass is 79.9. The van der Waals surface area contributed by atoms with Crippen molar-refractivity contribution in [2.45, 2.75) is 24.7 Å². The highest BCUT2D eigenvalue weighted by molar-refractivity contribution is 9.10. The zero-order valence-electron chi connectivity index (χ0n) is 9.82. The van der Waals surface area contributed by atoms with E-state index >= 15 is 0 Å². The van der Waals surface area contributed by atoms with Gasteiger partial charge in [-0.05, 0) is 46.5 Å². The van der Waals surface area contributed by atoms with E-state index in [2.05, 4.69) is 35.5 Å². The SMILES string of the molecule is CCC1CCN(C(=O)c2cc(S)ccc2Br)C1. The molecule has 0 radical (unpaired) electrons. The summed E-state index contributed by atoms with van der Waals surface area (Å²) in [6.07, 6.45) is 2.28. The Morgan fingerprint density at radius 1 is 1.59 bits per heavy atom. The van der Waals surface area contributed by atoms with Crippen molar-refractivity contribution in [3.05, 3.63) is 28.2 Å². The Labute approximate surface area is 116 Å². The first-order valence-electron chi connectivity index (χ1n) is 5.89. The number of halogens is 1. The molecule has 1 aliphatic heterocycles. The molecule has 0 bridgehead atoms. The molecular weight excluding hydrogens is 298 g/mol. The van der Waals surface area contributed by atoms with E-state index < -0.39 is 0 Å². The summed E-state index contributed by atoms with van der Waals surface area (Å²) < 4.78 is 0.847. The molecule has 0 N–H and O–H groups in total. The second-order valence-corrected chi connectivity index (χ2v) is 5.85. The summed E-state index contributed by atoms with van der Waals surface area (Å²) in [7, 11) is 0. The van der Waals surface area contributed by atoms with Crippen LogP contribution in [0.1, 0.15) is 30.1 Å².